The quantitative estimate of drug-likeness (QED) is 0.347. The number of rotatable bonds is 13. The van der Waals surface area contributed by atoms with Crippen LogP contribution in [0.25, 0.3) is 0 Å². The summed E-state index contributed by atoms with van der Waals surface area (Å²) in [6.07, 6.45) is 6.53. The van der Waals surface area contributed by atoms with E-state index in [0.29, 0.717) is 32.5 Å². The van der Waals surface area contributed by atoms with Crippen LogP contribution in [0.15, 0.2) is 67.1 Å². The minimum Gasteiger partial charge on any atom is -0.497 e. The highest BCUT2D eigenvalue weighted by Crippen LogP contribution is 2.36. The van der Waals surface area contributed by atoms with Crippen molar-refractivity contribution in [3.8, 4) is 5.75 Å². The van der Waals surface area contributed by atoms with E-state index in [9.17, 15) is 9.59 Å². The van der Waals surface area contributed by atoms with Gasteiger partial charge in [-0.05, 0) is 36.1 Å². The van der Waals surface area contributed by atoms with Gasteiger partial charge in [-0.15, -0.1) is 0 Å². The fourth-order valence-corrected chi connectivity index (χ4v) is 4.59. The third-order valence-electron chi connectivity index (χ3n) is 6.78. The Morgan fingerprint density at radius 2 is 1.89 bits per heavy atom. The van der Waals surface area contributed by atoms with E-state index in [1.165, 1.54) is 0 Å². The molecule has 4 rings (SSSR count). The molecule has 2 heterocycles. The number of nitrogens with one attached hydrogen (secondary N) is 2. The molecule has 0 radical (unpaired) electrons. The van der Waals surface area contributed by atoms with Crippen molar-refractivity contribution in [1.29, 1.82) is 0 Å². The zero-order valence-corrected chi connectivity index (χ0v) is 21.6. The van der Waals surface area contributed by atoms with Crippen LogP contribution in [0.1, 0.15) is 43.0 Å². The number of ether oxygens (including phenoxy) is 2. The lowest BCUT2D eigenvalue weighted by atomic mass is 9.84. The second kappa shape index (κ2) is 12.5. The lowest BCUT2D eigenvalue weighted by Crippen LogP contribution is -2.66. The average Bonchev–Trinajstić information content (AvgIpc) is 3.43. The van der Waals surface area contributed by atoms with Gasteiger partial charge in [0.1, 0.15) is 17.4 Å². The van der Waals surface area contributed by atoms with Crippen molar-refractivity contribution >= 4 is 11.8 Å². The molecular formula is C29H36N4O4. The van der Waals surface area contributed by atoms with Gasteiger partial charge in [-0.1, -0.05) is 55.8 Å². The van der Waals surface area contributed by atoms with E-state index < -0.39 is 11.6 Å². The van der Waals surface area contributed by atoms with Crippen molar-refractivity contribution in [3.05, 3.63) is 83.9 Å². The van der Waals surface area contributed by atoms with Crippen molar-refractivity contribution in [3.63, 3.8) is 0 Å². The number of aromatic amines is 1. The summed E-state index contributed by atoms with van der Waals surface area (Å²) in [5.41, 5.74) is 2.32. The molecule has 8 nitrogen and oxygen atoms in total. The first-order valence-corrected chi connectivity index (χ1v) is 12.9. The number of amides is 2. The third-order valence-corrected chi connectivity index (χ3v) is 6.78. The molecule has 1 atom stereocenters. The fraction of sp³-hybridized carbons (Fsp3) is 0.414. The van der Waals surface area contributed by atoms with Gasteiger partial charge in [0.2, 0.25) is 11.8 Å². The molecule has 0 aliphatic carbocycles. The summed E-state index contributed by atoms with van der Waals surface area (Å²) in [6.45, 7) is 3.70. The number of nitrogens with zero attached hydrogens (tertiary/aromatic N) is 2. The monoisotopic (exact) mass is 504 g/mol. The Labute approximate surface area is 218 Å². The molecule has 1 aromatic heterocycles. The van der Waals surface area contributed by atoms with Crippen LogP contribution in [0.5, 0.6) is 5.75 Å². The fourth-order valence-electron chi connectivity index (χ4n) is 4.59. The molecule has 0 saturated carbocycles. The molecule has 37 heavy (non-hydrogen) atoms. The van der Waals surface area contributed by atoms with Crippen LogP contribution < -0.4 is 10.1 Å². The van der Waals surface area contributed by atoms with Crippen LogP contribution in [-0.2, 0) is 32.8 Å². The van der Waals surface area contributed by atoms with Crippen LogP contribution in [0.3, 0.4) is 0 Å². The summed E-state index contributed by atoms with van der Waals surface area (Å²) in [5.74, 6) is 0.466. The van der Waals surface area contributed by atoms with Gasteiger partial charge in [-0.25, -0.2) is 4.98 Å². The van der Waals surface area contributed by atoms with E-state index in [2.05, 4.69) is 34.3 Å². The van der Waals surface area contributed by atoms with Crippen LogP contribution >= 0.6 is 0 Å². The SMILES string of the molecule is CCCCOC1(c2ccccc2)CN(C(=O)[C@@H](Cc2ccc(OC)cc2)NC(=O)CCc2c[nH]cn2)C1. The van der Waals surface area contributed by atoms with Crippen molar-refractivity contribution in [1.82, 2.24) is 20.2 Å². The smallest absolute Gasteiger partial charge is 0.245 e. The molecule has 2 aromatic carbocycles. The van der Waals surface area contributed by atoms with Crippen molar-refractivity contribution in [2.75, 3.05) is 26.8 Å². The summed E-state index contributed by atoms with van der Waals surface area (Å²) < 4.78 is 11.6. The Hall–Kier alpha value is -3.65. The zero-order valence-electron chi connectivity index (χ0n) is 21.6. The summed E-state index contributed by atoms with van der Waals surface area (Å²) in [7, 11) is 1.62. The highest BCUT2D eigenvalue weighted by atomic mass is 16.5. The number of H-pyrrole nitrogens is 1. The van der Waals surface area contributed by atoms with Gasteiger partial charge in [0.25, 0.3) is 0 Å². The maximum atomic E-state index is 13.7. The Morgan fingerprint density at radius 3 is 2.54 bits per heavy atom. The highest BCUT2D eigenvalue weighted by molar-refractivity contribution is 5.88. The summed E-state index contributed by atoms with van der Waals surface area (Å²) in [4.78, 5) is 35.4. The van der Waals surface area contributed by atoms with E-state index >= 15 is 0 Å². The molecule has 1 aliphatic rings. The topological polar surface area (TPSA) is 96.5 Å². The number of carbonyl (C=O) groups is 2. The standard InChI is InChI=1S/C29H36N4O4/c1-3-4-16-37-29(23-8-6-5-7-9-23)19-33(20-29)28(35)26(17-22-10-13-25(36-2)14-11-22)32-27(34)15-12-24-18-30-21-31-24/h5-11,13-14,18,21,26H,3-4,12,15-17,19-20H2,1-2H3,(H,30,31)(H,32,34)/t26-/m1/s1. The van der Waals surface area contributed by atoms with Gasteiger partial charge in [0.05, 0.1) is 32.2 Å². The molecule has 1 aliphatic heterocycles. The number of aryl methyl sites for hydroxylation is 1. The molecule has 3 aromatic rings. The largest absolute Gasteiger partial charge is 0.497 e. The predicted octanol–water partition coefficient (Wildman–Crippen LogP) is 3.63. The second-order valence-electron chi connectivity index (χ2n) is 9.49. The van der Waals surface area contributed by atoms with Gasteiger partial charge >= 0.3 is 0 Å². The number of aromatic nitrogens is 2. The normalized spacial score (nSPS) is 15.0. The Morgan fingerprint density at radius 1 is 1.14 bits per heavy atom. The molecule has 0 bridgehead atoms. The van der Waals surface area contributed by atoms with E-state index in [-0.39, 0.29) is 18.2 Å². The van der Waals surface area contributed by atoms with Crippen LogP contribution in [0.4, 0.5) is 0 Å². The molecule has 2 amide bonds. The molecule has 1 saturated heterocycles. The Balaban J connectivity index is 1.46. The first-order valence-electron chi connectivity index (χ1n) is 12.9. The Bertz CT molecular complexity index is 1130. The number of likely N-dealkylation sites (tertiary alicyclic amines) is 1. The summed E-state index contributed by atoms with van der Waals surface area (Å²) >= 11 is 0. The molecule has 1 fully saturated rings. The van der Waals surface area contributed by atoms with Crippen LogP contribution in [0, 0.1) is 0 Å². The number of carbonyl (C=O) groups excluding carboxylic acids is 2. The number of hydrogen-bond donors (Lipinski definition) is 2. The van der Waals surface area contributed by atoms with E-state index in [4.69, 9.17) is 9.47 Å². The number of unbranched alkanes of at least 4 members (excludes halogenated alkanes) is 1. The number of imidazole rings is 1. The minimum absolute atomic E-state index is 0.102. The van der Waals surface area contributed by atoms with E-state index in [0.717, 1.165) is 35.4 Å². The molecule has 196 valence electrons. The van der Waals surface area contributed by atoms with Gasteiger partial charge in [0.15, 0.2) is 0 Å². The lowest BCUT2D eigenvalue weighted by Gasteiger charge is -2.51. The summed E-state index contributed by atoms with van der Waals surface area (Å²) in [6, 6.07) is 17.0. The number of hydrogen-bond acceptors (Lipinski definition) is 5. The molecule has 0 spiro atoms. The van der Waals surface area contributed by atoms with Gasteiger partial charge < -0.3 is 24.7 Å². The van der Waals surface area contributed by atoms with Crippen LogP contribution in [-0.4, -0.2) is 59.5 Å². The van der Waals surface area contributed by atoms with Crippen molar-refractivity contribution in [2.45, 2.75) is 50.7 Å². The van der Waals surface area contributed by atoms with E-state index in [1.54, 1.807) is 24.5 Å². The second-order valence-corrected chi connectivity index (χ2v) is 9.49. The maximum absolute atomic E-state index is 13.7. The predicted molar refractivity (Wildman–Crippen MR) is 141 cm³/mol. The summed E-state index contributed by atoms with van der Waals surface area (Å²) in [5, 5.41) is 2.98. The molecule has 8 heteroatoms. The van der Waals surface area contributed by atoms with Gasteiger partial charge in [-0.3, -0.25) is 9.59 Å². The third kappa shape index (κ3) is 6.77. The Kier molecular flexibility index (Phi) is 8.95. The number of benzene rings is 2. The average molecular weight is 505 g/mol. The minimum atomic E-state index is -0.676. The molecular weight excluding hydrogens is 468 g/mol. The van der Waals surface area contributed by atoms with Crippen LogP contribution in [0.2, 0.25) is 0 Å². The first-order chi connectivity index (χ1) is 18.0. The van der Waals surface area contributed by atoms with Crippen molar-refractivity contribution < 1.29 is 19.1 Å². The number of methoxy groups -OCH3 is 1. The highest BCUT2D eigenvalue weighted by Gasteiger charge is 2.48. The molecule has 0 unspecified atom stereocenters. The van der Waals surface area contributed by atoms with Crippen molar-refractivity contribution in [2.24, 2.45) is 0 Å². The zero-order chi connectivity index (χ0) is 26.1. The maximum Gasteiger partial charge on any atom is 0.245 e. The van der Waals surface area contributed by atoms with E-state index in [1.807, 2.05) is 42.5 Å². The van der Waals surface area contributed by atoms with Gasteiger partial charge in [-0.2, -0.15) is 0 Å². The first kappa shape index (κ1) is 26.4. The van der Waals surface area contributed by atoms with Gasteiger partial charge in [0, 0.05) is 25.6 Å². The lowest BCUT2D eigenvalue weighted by molar-refractivity contribution is -0.175. The molecule has 2 N–H and O–H groups in total.